The molecule has 31 heavy (non-hydrogen) atoms. The van der Waals surface area contributed by atoms with Crippen LogP contribution in [0, 0.1) is 5.92 Å². The lowest BCUT2D eigenvalue weighted by atomic mass is 9.77. The van der Waals surface area contributed by atoms with E-state index in [-0.39, 0.29) is 17.9 Å². The third-order valence-electron chi connectivity index (χ3n) is 6.06. The van der Waals surface area contributed by atoms with Gasteiger partial charge in [-0.05, 0) is 60.2 Å². The van der Waals surface area contributed by atoms with Crippen molar-refractivity contribution in [3.05, 3.63) is 112 Å². The number of hydrazone groups is 1. The summed E-state index contributed by atoms with van der Waals surface area (Å²) in [5, 5.41) is 6.69. The highest BCUT2D eigenvalue weighted by Gasteiger charge is 2.43. The third-order valence-corrected chi connectivity index (χ3v) is 6.56. The van der Waals surface area contributed by atoms with Crippen molar-refractivity contribution in [2.75, 3.05) is 0 Å². The molecule has 154 valence electrons. The van der Waals surface area contributed by atoms with Gasteiger partial charge in [0.15, 0.2) is 0 Å². The molecule has 3 nitrogen and oxygen atoms in total. The van der Waals surface area contributed by atoms with Crippen LogP contribution in [0.2, 0.25) is 0 Å². The molecule has 1 aliphatic heterocycles. The first-order valence-corrected chi connectivity index (χ1v) is 11.5. The van der Waals surface area contributed by atoms with E-state index >= 15 is 0 Å². The summed E-state index contributed by atoms with van der Waals surface area (Å²) in [4.78, 5) is 13.6. The van der Waals surface area contributed by atoms with Crippen LogP contribution in [0.3, 0.4) is 0 Å². The molecule has 2 atom stereocenters. The Hall–Kier alpha value is -2.98. The number of carbonyl (C=O) groups excluding carboxylic acids is 1. The summed E-state index contributed by atoms with van der Waals surface area (Å²) in [7, 11) is 0. The van der Waals surface area contributed by atoms with Crippen molar-refractivity contribution in [1.82, 2.24) is 5.01 Å². The minimum atomic E-state index is -0.0813. The SMILES string of the molecule is O=C(c1cccc(Br)c1)N1N=C2/C(=C/c3ccccc3)CCC[C@H]2[C@@H]1c1ccccc1. The third kappa shape index (κ3) is 4.00. The molecule has 0 unspecified atom stereocenters. The van der Waals surface area contributed by atoms with Gasteiger partial charge in [0, 0.05) is 16.0 Å². The Morgan fingerprint density at radius 2 is 1.71 bits per heavy atom. The van der Waals surface area contributed by atoms with E-state index in [2.05, 4.69) is 58.4 Å². The maximum absolute atomic E-state index is 13.6. The fraction of sp³-hybridized carbons (Fsp3) is 0.185. The number of nitrogens with zero attached hydrogens (tertiary/aromatic N) is 2. The highest BCUT2D eigenvalue weighted by molar-refractivity contribution is 9.10. The maximum Gasteiger partial charge on any atom is 0.274 e. The van der Waals surface area contributed by atoms with Crippen LogP contribution in [-0.2, 0) is 0 Å². The maximum atomic E-state index is 13.6. The number of hydrogen-bond donors (Lipinski definition) is 0. The zero-order valence-electron chi connectivity index (χ0n) is 17.1. The molecular formula is C27H23BrN2O. The fourth-order valence-corrected chi connectivity index (χ4v) is 5.05. The molecule has 5 rings (SSSR count). The number of allylic oxidation sites excluding steroid dienone is 1. The molecular weight excluding hydrogens is 448 g/mol. The van der Waals surface area contributed by atoms with Crippen molar-refractivity contribution < 1.29 is 4.79 Å². The van der Waals surface area contributed by atoms with Crippen molar-refractivity contribution in [1.29, 1.82) is 0 Å². The number of benzene rings is 3. The Morgan fingerprint density at radius 3 is 2.45 bits per heavy atom. The molecule has 1 saturated carbocycles. The van der Waals surface area contributed by atoms with Gasteiger partial charge in [-0.3, -0.25) is 4.79 Å². The Morgan fingerprint density at radius 1 is 0.968 bits per heavy atom. The smallest absolute Gasteiger partial charge is 0.267 e. The molecule has 0 N–H and O–H groups in total. The van der Waals surface area contributed by atoms with E-state index in [1.54, 1.807) is 5.01 Å². The number of halogens is 1. The first-order valence-electron chi connectivity index (χ1n) is 10.7. The quantitative estimate of drug-likeness (QED) is 0.410. The second-order valence-electron chi connectivity index (χ2n) is 8.08. The van der Waals surface area contributed by atoms with Crippen LogP contribution in [0.15, 0.2) is 100 Å². The molecule has 3 aromatic rings. The van der Waals surface area contributed by atoms with Crippen molar-refractivity contribution in [2.24, 2.45) is 11.0 Å². The summed E-state index contributed by atoms with van der Waals surface area (Å²) >= 11 is 3.49. The van der Waals surface area contributed by atoms with Gasteiger partial charge in [0.25, 0.3) is 5.91 Å². The van der Waals surface area contributed by atoms with Gasteiger partial charge in [-0.25, -0.2) is 5.01 Å². The van der Waals surface area contributed by atoms with Crippen LogP contribution < -0.4 is 0 Å². The zero-order valence-corrected chi connectivity index (χ0v) is 18.7. The molecule has 3 aromatic carbocycles. The van der Waals surface area contributed by atoms with Crippen LogP contribution in [0.5, 0.6) is 0 Å². The average molecular weight is 471 g/mol. The topological polar surface area (TPSA) is 32.7 Å². The standard InChI is InChI=1S/C27H23BrN2O/c28-23-15-7-14-22(18-23)27(31)30-26(20-11-5-2-6-12-20)24-16-8-13-21(25(24)29-30)17-19-9-3-1-4-10-19/h1-7,9-12,14-15,17-18,24,26H,8,13,16H2/b21-17+/t24-,26+/m1/s1. The molecule has 0 bridgehead atoms. The fourth-order valence-electron chi connectivity index (χ4n) is 4.66. The van der Waals surface area contributed by atoms with E-state index in [9.17, 15) is 4.79 Å². The molecule has 1 aliphatic carbocycles. The van der Waals surface area contributed by atoms with Gasteiger partial charge >= 0.3 is 0 Å². The molecule has 1 heterocycles. The van der Waals surface area contributed by atoms with E-state index in [0.29, 0.717) is 5.56 Å². The summed E-state index contributed by atoms with van der Waals surface area (Å²) in [6, 6.07) is 28.2. The minimum absolute atomic E-state index is 0.0592. The van der Waals surface area contributed by atoms with E-state index in [1.807, 2.05) is 48.5 Å². The van der Waals surface area contributed by atoms with E-state index < -0.39 is 0 Å². The largest absolute Gasteiger partial charge is 0.274 e. The van der Waals surface area contributed by atoms with Crippen molar-refractivity contribution in [2.45, 2.75) is 25.3 Å². The molecule has 0 radical (unpaired) electrons. The first-order chi connectivity index (χ1) is 15.2. The minimum Gasteiger partial charge on any atom is -0.267 e. The highest BCUT2D eigenvalue weighted by Crippen LogP contribution is 2.44. The van der Waals surface area contributed by atoms with Crippen LogP contribution >= 0.6 is 15.9 Å². The van der Waals surface area contributed by atoms with Crippen LogP contribution in [-0.4, -0.2) is 16.6 Å². The Kier molecular flexibility index (Phi) is 5.56. The van der Waals surface area contributed by atoms with Gasteiger partial charge in [0.2, 0.25) is 0 Å². The normalized spacial score (nSPS) is 21.6. The molecule has 4 heteroatoms. The summed E-state index contributed by atoms with van der Waals surface area (Å²) in [5.74, 6) is 0.151. The van der Waals surface area contributed by atoms with Gasteiger partial charge in [0.05, 0.1) is 11.8 Å². The molecule has 0 saturated heterocycles. The van der Waals surface area contributed by atoms with Crippen LogP contribution in [0.4, 0.5) is 0 Å². The average Bonchev–Trinajstić information content (AvgIpc) is 3.20. The lowest BCUT2D eigenvalue weighted by Crippen LogP contribution is -2.31. The first kappa shape index (κ1) is 20.0. The molecule has 1 fully saturated rings. The van der Waals surface area contributed by atoms with Gasteiger partial charge in [-0.2, -0.15) is 5.10 Å². The lowest BCUT2D eigenvalue weighted by molar-refractivity contribution is 0.0681. The lowest BCUT2D eigenvalue weighted by Gasteiger charge is -2.29. The van der Waals surface area contributed by atoms with Crippen LogP contribution in [0.25, 0.3) is 6.08 Å². The van der Waals surface area contributed by atoms with Crippen molar-refractivity contribution in [3.63, 3.8) is 0 Å². The van der Waals surface area contributed by atoms with Crippen LogP contribution in [0.1, 0.15) is 46.8 Å². The van der Waals surface area contributed by atoms with Crippen molar-refractivity contribution in [3.8, 4) is 0 Å². The summed E-state index contributed by atoms with van der Waals surface area (Å²) in [6.07, 6.45) is 5.36. The molecule has 0 spiro atoms. The monoisotopic (exact) mass is 470 g/mol. The van der Waals surface area contributed by atoms with Crippen molar-refractivity contribution >= 4 is 33.6 Å². The summed E-state index contributed by atoms with van der Waals surface area (Å²) in [5.41, 5.74) is 5.26. The predicted octanol–water partition coefficient (Wildman–Crippen LogP) is 6.89. The van der Waals surface area contributed by atoms with E-state index in [0.717, 1.165) is 35.0 Å². The van der Waals surface area contributed by atoms with Gasteiger partial charge in [0.1, 0.15) is 0 Å². The second-order valence-corrected chi connectivity index (χ2v) is 9.00. The number of fused-ring (bicyclic) bond motifs is 1. The van der Waals surface area contributed by atoms with Gasteiger partial charge in [-0.15, -0.1) is 0 Å². The van der Waals surface area contributed by atoms with Gasteiger partial charge < -0.3 is 0 Å². The molecule has 1 amide bonds. The Labute approximate surface area is 191 Å². The number of amides is 1. The Balaban J connectivity index is 1.58. The molecule has 2 aliphatic rings. The Bertz CT molecular complexity index is 1150. The second kappa shape index (κ2) is 8.64. The summed E-state index contributed by atoms with van der Waals surface area (Å²) in [6.45, 7) is 0. The zero-order chi connectivity index (χ0) is 21.2. The number of carbonyl (C=O) groups is 1. The van der Waals surface area contributed by atoms with E-state index in [1.165, 1.54) is 11.1 Å². The van der Waals surface area contributed by atoms with Gasteiger partial charge in [-0.1, -0.05) is 82.7 Å². The molecule has 0 aromatic heterocycles. The highest BCUT2D eigenvalue weighted by atomic mass is 79.9. The number of hydrogen-bond acceptors (Lipinski definition) is 2. The summed E-state index contributed by atoms with van der Waals surface area (Å²) < 4.78 is 0.892. The van der Waals surface area contributed by atoms with E-state index in [4.69, 9.17) is 5.10 Å². The predicted molar refractivity (Wildman–Crippen MR) is 129 cm³/mol. The number of rotatable bonds is 3.